The van der Waals surface area contributed by atoms with E-state index in [9.17, 15) is 116 Å². The molecule has 0 aromatic rings. The predicted octanol–water partition coefficient (Wildman–Crippen LogP) is -5.90. The number of hydrogen-bond donors (Lipinski definition) is 23. The van der Waals surface area contributed by atoms with Gasteiger partial charge < -0.3 is 166 Å². The topological polar surface area (TPSA) is 611 Å². The van der Waals surface area contributed by atoms with Crippen molar-refractivity contribution in [1.29, 1.82) is 0 Å². The van der Waals surface area contributed by atoms with E-state index in [1.54, 1.807) is 6.08 Å². The van der Waals surface area contributed by atoms with Gasteiger partial charge in [0.2, 0.25) is 23.6 Å². The first-order valence-corrected chi connectivity index (χ1v) is 39.9. The number of nitrogens with one attached hydrogen (secondary N) is 6. The number of aliphatic hydroxyl groups excluding tert-OH is 16. The Balaban J connectivity index is 1.06. The summed E-state index contributed by atoms with van der Waals surface area (Å²) in [5.41, 5.74) is 0. The molecule has 7 saturated heterocycles. The van der Waals surface area contributed by atoms with Crippen LogP contribution in [0, 0.1) is 0 Å². The lowest BCUT2D eigenvalue weighted by molar-refractivity contribution is -0.403. The van der Waals surface area contributed by atoms with Gasteiger partial charge in [-0.05, 0) is 38.5 Å². The lowest BCUT2D eigenvalue weighted by atomic mass is 9.88. The number of allylic oxidation sites excluding steroid dienone is 1. The Bertz CT molecular complexity index is 2850. The number of carboxylic acids is 1. The van der Waals surface area contributed by atoms with Gasteiger partial charge in [-0.25, -0.2) is 9.59 Å². The molecule has 7 aliphatic heterocycles. The number of urea groups is 1. The van der Waals surface area contributed by atoms with Crippen molar-refractivity contribution in [2.75, 3.05) is 51.9 Å². The molecule has 0 aliphatic carbocycles. The van der Waals surface area contributed by atoms with Gasteiger partial charge in [0.15, 0.2) is 25.2 Å². The van der Waals surface area contributed by atoms with E-state index >= 15 is 0 Å². The first-order chi connectivity index (χ1) is 53.0. The molecule has 40 heteroatoms. The Kier molecular flexibility index (Phi) is 39.4. The second kappa shape index (κ2) is 46.6. The third-order valence-corrected chi connectivity index (χ3v) is 22.6. The van der Waals surface area contributed by atoms with Gasteiger partial charge in [-0.1, -0.05) is 96.1 Å². The average Bonchev–Trinajstić information content (AvgIpc) is 1.17. The molecule has 7 heterocycles. The number of ether oxygens (including phenoxy) is 10. The molecular weight excluding hydrogens is 1500 g/mol. The fraction of sp³-hybridized carbons (Fsp3) is 0.887. The number of carboxylic acid groups (broad SMARTS) is 1. The number of carbonyl (C=O) groups excluding carboxylic acids is 5. The summed E-state index contributed by atoms with van der Waals surface area (Å²) in [5.74, 6) is -7.10. The molecule has 640 valence electrons. The monoisotopic (exact) mass is 1620 g/mol. The Labute approximate surface area is 648 Å². The highest BCUT2D eigenvalue weighted by molar-refractivity contribution is 8.00. The number of carbonyl (C=O) groups is 6. The van der Waals surface area contributed by atoms with E-state index in [1.165, 1.54) is 44.6 Å². The normalized spacial score (nSPS) is 36.8. The Hall–Kier alpha value is -4.33. The molecule has 6 amide bonds. The number of hydrogen-bond acceptors (Lipinski definition) is 33. The van der Waals surface area contributed by atoms with Crippen molar-refractivity contribution in [3.63, 3.8) is 0 Å². The molecule has 7 aliphatic rings. The van der Waals surface area contributed by atoms with Crippen molar-refractivity contribution in [1.82, 2.24) is 31.9 Å². The van der Waals surface area contributed by atoms with Gasteiger partial charge in [-0.3, -0.25) is 19.2 Å². The van der Waals surface area contributed by atoms with Gasteiger partial charge in [0.1, 0.15) is 116 Å². The molecule has 0 radical (unpaired) electrons. The highest BCUT2D eigenvalue weighted by Gasteiger charge is 2.62. The molecule has 31 atom stereocenters. The van der Waals surface area contributed by atoms with Crippen LogP contribution in [0.4, 0.5) is 4.79 Å². The molecule has 0 bridgehead atoms. The minimum atomic E-state index is -3.39. The van der Waals surface area contributed by atoms with E-state index in [2.05, 4.69) is 38.8 Å². The fourth-order valence-electron chi connectivity index (χ4n) is 14.8. The SMILES string of the molecule is CCCCCCCCCCCCC/C=C/[C@@H](O)[C@H](CO[C@@H]1O[C@H](CO)[C@@H](O[C@@H]2O[C@H](CO)[C@H](O[C@@H]3O[C@H](CO)[C@H](O[C@@H]4O[C@H](CO)[C@H](O)[C@H](O)[C@H]4O)[C@H](O)[C@H]3NC(C)=O)[C@H](O[C@]3(C(=O)O)C[C@H](O)[C@@H](NC(C)=O)[C@H]([C@H](O)[C@H](O)CO)O3)[C@H]2O)[C@H](O)[C@H]1O)NC(=O)CCCCCNC(=O)CCCC[C@@H]1SC[C@@H]2NC(=O)N[C@@H]21. The molecule has 0 aromatic heterocycles. The molecule has 23 N–H and O–H groups in total. The van der Waals surface area contributed by atoms with Crippen LogP contribution in [0.15, 0.2) is 12.2 Å². The van der Waals surface area contributed by atoms with E-state index in [1.807, 2.05) is 11.8 Å². The molecule has 0 spiro atoms. The number of unbranched alkanes of at least 4 members (excludes halogenated alkanes) is 14. The van der Waals surface area contributed by atoms with E-state index in [-0.39, 0.29) is 35.7 Å². The maximum Gasteiger partial charge on any atom is 0.364 e. The second-order valence-corrected chi connectivity index (χ2v) is 30.9. The number of aliphatic hydroxyl groups is 16. The molecule has 0 unspecified atom stereocenters. The van der Waals surface area contributed by atoms with Crippen LogP contribution in [-0.4, -0.2) is 363 Å². The van der Waals surface area contributed by atoms with Gasteiger partial charge in [0, 0.05) is 50.7 Å². The molecular formula is C71H122N6O33S. The summed E-state index contributed by atoms with van der Waals surface area (Å²) in [6, 6.07) is -4.86. The third-order valence-electron chi connectivity index (χ3n) is 21.1. The summed E-state index contributed by atoms with van der Waals surface area (Å²) in [6.45, 7) is -1.67. The number of fused-ring (bicyclic) bond motifs is 1. The second-order valence-electron chi connectivity index (χ2n) is 29.6. The zero-order valence-corrected chi connectivity index (χ0v) is 63.8. The van der Waals surface area contributed by atoms with E-state index < -0.39 is 241 Å². The lowest BCUT2D eigenvalue weighted by Gasteiger charge is -2.52. The van der Waals surface area contributed by atoms with Crippen molar-refractivity contribution in [2.45, 2.75) is 344 Å². The van der Waals surface area contributed by atoms with Crippen LogP contribution in [0.1, 0.15) is 156 Å². The van der Waals surface area contributed by atoms with Crippen LogP contribution in [0.25, 0.3) is 0 Å². The molecule has 0 saturated carbocycles. The number of amides is 6. The Morgan fingerprint density at radius 3 is 1.76 bits per heavy atom. The molecule has 7 fully saturated rings. The molecule has 111 heavy (non-hydrogen) atoms. The van der Waals surface area contributed by atoms with Gasteiger partial charge in [-0.15, -0.1) is 0 Å². The zero-order valence-electron chi connectivity index (χ0n) is 63.0. The van der Waals surface area contributed by atoms with E-state index in [0.717, 1.165) is 64.5 Å². The number of aliphatic carboxylic acids is 1. The quantitative estimate of drug-likeness (QED) is 0.0153. The van der Waals surface area contributed by atoms with Gasteiger partial charge in [0.25, 0.3) is 5.79 Å². The van der Waals surface area contributed by atoms with Crippen molar-refractivity contribution in [2.24, 2.45) is 0 Å². The zero-order chi connectivity index (χ0) is 81.2. The summed E-state index contributed by atoms with van der Waals surface area (Å²) < 4.78 is 59.7. The van der Waals surface area contributed by atoms with Gasteiger partial charge in [0.05, 0.1) is 76.0 Å². The first-order valence-electron chi connectivity index (χ1n) is 38.8. The van der Waals surface area contributed by atoms with Crippen molar-refractivity contribution < 1.29 is 163 Å². The molecule has 39 nitrogen and oxygen atoms in total. The fourth-order valence-corrected chi connectivity index (χ4v) is 16.4. The van der Waals surface area contributed by atoms with Crippen LogP contribution in [0.3, 0.4) is 0 Å². The third kappa shape index (κ3) is 26.3. The van der Waals surface area contributed by atoms with Crippen molar-refractivity contribution in [3.8, 4) is 0 Å². The minimum Gasteiger partial charge on any atom is -0.477 e. The standard InChI is InChI=1S/C71H122N6O33S/c1-4-5-6-7-8-9-10-11-12-13-14-15-17-22-39(85)37(75-48(89)25-18-16-21-26-72-47(88)24-20-19-23-46-49-38(34-111-46)76-70(100)77-49)33-101-66-58(96)56(94)61(44(31-81)104-66)107-68-59(97)64(110-71(69(98)99)27-40(86)50(73-35(2)83)63(109-71)52(90)41(87)28-78)62(45(32-82)105-68)108-65-51(74-36(3)84)54(92)60(43(30-80)103-65)106-67-57(95)55(93)53(91)42(29-79)102-67/h17,22,37-46,49-68,78-82,85-87,90-97H,4-16,18-21,23-34H2,1-3H3,(H,72,88)(H,73,83)(H,74,84)(H,75,89)(H,98,99)(H2,76,77,100)/b22-17+/t37-,38-,39+,40-,41+,42+,43+,44+,45+,46-,49-,50+,51+,52+,53-,54+,55-,56+,57+,58+,59+,60-,61+,62-,63+,64+,65-,66+,67-,68-,71-/m0/s1. The van der Waals surface area contributed by atoms with Crippen LogP contribution in [0.2, 0.25) is 0 Å². The highest BCUT2D eigenvalue weighted by Crippen LogP contribution is 2.42. The predicted molar refractivity (Wildman–Crippen MR) is 384 cm³/mol. The van der Waals surface area contributed by atoms with Crippen LogP contribution >= 0.6 is 11.8 Å². The minimum absolute atomic E-state index is 0.00943. The Morgan fingerprint density at radius 2 is 1.14 bits per heavy atom. The summed E-state index contributed by atoms with van der Waals surface area (Å²) in [4.78, 5) is 77.3. The largest absolute Gasteiger partial charge is 0.477 e. The summed E-state index contributed by atoms with van der Waals surface area (Å²) >= 11 is 1.81. The summed E-state index contributed by atoms with van der Waals surface area (Å²) in [5, 5.41) is 206. The van der Waals surface area contributed by atoms with Gasteiger partial charge in [-0.2, -0.15) is 11.8 Å². The maximum absolute atomic E-state index is 13.8. The van der Waals surface area contributed by atoms with Gasteiger partial charge >= 0.3 is 12.0 Å². The summed E-state index contributed by atoms with van der Waals surface area (Å²) in [7, 11) is 0. The number of thioether (sulfide) groups is 1. The Morgan fingerprint density at radius 1 is 0.595 bits per heavy atom. The lowest BCUT2D eigenvalue weighted by Crippen LogP contribution is -2.72. The van der Waals surface area contributed by atoms with Crippen molar-refractivity contribution >= 4 is 47.4 Å². The molecule has 7 rings (SSSR count). The smallest absolute Gasteiger partial charge is 0.364 e. The number of rotatable bonds is 47. The van der Waals surface area contributed by atoms with Crippen LogP contribution in [-0.2, 0) is 71.3 Å². The molecule has 0 aromatic carbocycles. The summed E-state index contributed by atoms with van der Waals surface area (Å²) in [6.07, 6.45) is -30.3. The van der Waals surface area contributed by atoms with Crippen LogP contribution in [0.5, 0.6) is 0 Å². The van der Waals surface area contributed by atoms with Crippen molar-refractivity contribution in [3.05, 3.63) is 12.2 Å². The van der Waals surface area contributed by atoms with Crippen LogP contribution < -0.4 is 31.9 Å². The van der Waals surface area contributed by atoms with E-state index in [0.29, 0.717) is 45.1 Å². The first kappa shape index (κ1) is 93.8. The maximum atomic E-state index is 13.8. The highest BCUT2D eigenvalue weighted by atomic mass is 32.2. The average molecular weight is 1620 g/mol. The van der Waals surface area contributed by atoms with E-state index in [4.69, 9.17) is 47.4 Å².